The molecule has 0 spiro atoms. The molecule has 0 N–H and O–H groups in total. The smallest absolute Gasteiger partial charge is 0.274 e. The summed E-state index contributed by atoms with van der Waals surface area (Å²) < 4.78 is 0. The number of allylic oxidation sites excluding steroid dienone is 2. The van der Waals surface area contributed by atoms with Crippen molar-refractivity contribution in [2.24, 2.45) is 23.7 Å². The number of nitro benzene ring substituents is 1. The minimum atomic E-state index is -0.446. The van der Waals surface area contributed by atoms with Gasteiger partial charge in [-0.1, -0.05) is 30.4 Å². The Labute approximate surface area is 142 Å². The molecular formula is C19H14N2O4. The second-order valence-corrected chi connectivity index (χ2v) is 6.92. The van der Waals surface area contributed by atoms with Crippen LogP contribution >= 0.6 is 0 Å². The van der Waals surface area contributed by atoms with Crippen LogP contribution in [0.5, 0.6) is 0 Å². The number of hydrogen-bond acceptors (Lipinski definition) is 4. The molecule has 1 saturated heterocycles. The maximum Gasteiger partial charge on any atom is 0.277 e. The van der Waals surface area contributed by atoms with E-state index in [1.165, 1.54) is 17.0 Å². The second kappa shape index (κ2) is 4.75. The Balaban J connectivity index is 1.68. The van der Waals surface area contributed by atoms with Crippen LogP contribution in [-0.2, 0) is 9.59 Å². The van der Waals surface area contributed by atoms with Gasteiger partial charge in [-0.2, -0.15) is 0 Å². The number of carbonyl (C=O) groups is 2. The van der Waals surface area contributed by atoms with Crippen molar-refractivity contribution in [3.05, 3.63) is 58.7 Å². The molecule has 2 aliphatic carbocycles. The van der Waals surface area contributed by atoms with Gasteiger partial charge in [0.05, 0.1) is 27.8 Å². The van der Waals surface area contributed by atoms with Gasteiger partial charge in [-0.05, 0) is 30.4 Å². The molecule has 6 heteroatoms. The lowest BCUT2D eigenvalue weighted by atomic mass is 9.85. The van der Waals surface area contributed by atoms with Crippen molar-refractivity contribution in [3.8, 4) is 0 Å². The van der Waals surface area contributed by atoms with Crippen LogP contribution in [0.4, 0.5) is 11.4 Å². The van der Waals surface area contributed by atoms with Crippen LogP contribution in [0.1, 0.15) is 6.42 Å². The zero-order valence-electron chi connectivity index (χ0n) is 13.2. The van der Waals surface area contributed by atoms with E-state index in [9.17, 15) is 19.7 Å². The molecule has 124 valence electrons. The molecule has 1 aliphatic heterocycles. The summed E-state index contributed by atoms with van der Waals surface area (Å²) in [5.74, 6) is -0.633. The highest BCUT2D eigenvalue weighted by Crippen LogP contribution is 2.53. The van der Waals surface area contributed by atoms with Gasteiger partial charge in [0.15, 0.2) is 0 Å². The number of hydrogen-bond donors (Lipinski definition) is 0. The molecule has 0 aromatic heterocycles. The van der Waals surface area contributed by atoms with Crippen LogP contribution in [-0.4, -0.2) is 16.7 Å². The van der Waals surface area contributed by atoms with Crippen LogP contribution in [0.2, 0.25) is 0 Å². The van der Waals surface area contributed by atoms with Gasteiger partial charge < -0.3 is 0 Å². The fraction of sp³-hybridized carbons (Fsp3) is 0.263. The average molecular weight is 334 g/mol. The Kier molecular flexibility index (Phi) is 2.72. The summed E-state index contributed by atoms with van der Waals surface area (Å²) in [5.41, 5.74) is 0.422. The minimum absolute atomic E-state index is 0.0274. The van der Waals surface area contributed by atoms with E-state index in [-0.39, 0.29) is 41.2 Å². The molecule has 3 aliphatic rings. The highest BCUT2D eigenvalue weighted by atomic mass is 16.6. The highest BCUT2D eigenvalue weighted by molar-refractivity contribution is 6.26. The maximum atomic E-state index is 13.0. The molecule has 2 amide bonds. The SMILES string of the molecule is O=C1[C@@H]2[C@H](C(=O)N1c1ccc([N+](=O)[O-])c3ccccc13)[C@H]1C=C[C@@H]2C1. The zero-order valence-corrected chi connectivity index (χ0v) is 13.2. The topological polar surface area (TPSA) is 80.5 Å². The Bertz CT molecular complexity index is 966. The molecule has 0 radical (unpaired) electrons. The first kappa shape index (κ1) is 14.3. The van der Waals surface area contributed by atoms with Gasteiger partial charge in [-0.3, -0.25) is 19.7 Å². The Hall–Kier alpha value is -3.02. The van der Waals surface area contributed by atoms with Crippen molar-refractivity contribution in [2.45, 2.75) is 6.42 Å². The fourth-order valence-electron chi connectivity index (χ4n) is 4.76. The van der Waals surface area contributed by atoms with Crippen LogP contribution in [0.15, 0.2) is 48.6 Å². The minimum Gasteiger partial charge on any atom is -0.274 e. The predicted molar refractivity (Wildman–Crippen MR) is 90.8 cm³/mol. The van der Waals surface area contributed by atoms with Gasteiger partial charge in [0, 0.05) is 11.5 Å². The van der Waals surface area contributed by atoms with Gasteiger partial charge in [0.25, 0.3) is 5.69 Å². The van der Waals surface area contributed by atoms with Gasteiger partial charge in [0.1, 0.15) is 0 Å². The van der Waals surface area contributed by atoms with Crippen LogP contribution in [0, 0.1) is 33.8 Å². The van der Waals surface area contributed by atoms with E-state index in [1.807, 2.05) is 0 Å². The molecule has 5 rings (SSSR count). The Morgan fingerprint density at radius 1 is 0.920 bits per heavy atom. The summed E-state index contributed by atoms with van der Waals surface area (Å²) in [6.07, 6.45) is 4.98. The van der Waals surface area contributed by atoms with Crippen molar-refractivity contribution in [1.82, 2.24) is 0 Å². The molecule has 1 saturated carbocycles. The Morgan fingerprint density at radius 2 is 1.52 bits per heavy atom. The number of anilines is 1. The standard InChI is InChI=1S/C19H14N2O4/c22-18-16-10-5-6-11(9-10)17(16)19(23)20(18)14-7-8-15(21(24)25)13-4-2-1-3-12(13)14/h1-8,10-11,16-17H,9H2/t10-,11+,16+,17-. The molecule has 25 heavy (non-hydrogen) atoms. The summed E-state index contributed by atoms with van der Waals surface area (Å²) in [5, 5.41) is 12.3. The molecule has 0 unspecified atom stereocenters. The molecule has 2 aromatic rings. The van der Waals surface area contributed by atoms with E-state index in [2.05, 4.69) is 12.2 Å². The first-order chi connectivity index (χ1) is 12.1. The van der Waals surface area contributed by atoms with Gasteiger partial charge in [0.2, 0.25) is 11.8 Å². The third-order valence-electron chi connectivity index (χ3n) is 5.79. The lowest BCUT2D eigenvalue weighted by Crippen LogP contribution is -2.33. The number of imide groups is 1. The van der Waals surface area contributed by atoms with Crippen molar-refractivity contribution in [3.63, 3.8) is 0 Å². The molecule has 4 atom stereocenters. The van der Waals surface area contributed by atoms with E-state index < -0.39 is 4.92 Å². The third kappa shape index (κ3) is 1.74. The normalized spacial score (nSPS) is 29.7. The fourth-order valence-corrected chi connectivity index (χ4v) is 4.76. The van der Waals surface area contributed by atoms with E-state index >= 15 is 0 Å². The predicted octanol–water partition coefficient (Wildman–Crippen LogP) is 3.06. The molecule has 1 heterocycles. The van der Waals surface area contributed by atoms with Crippen molar-refractivity contribution < 1.29 is 14.5 Å². The summed E-state index contributed by atoms with van der Waals surface area (Å²) in [6, 6.07) is 9.73. The summed E-state index contributed by atoms with van der Waals surface area (Å²) in [4.78, 5) is 38.1. The molecule has 6 nitrogen and oxygen atoms in total. The van der Waals surface area contributed by atoms with Crippen LogP contribution in [0.25, 0.3) is 10.8 Å². The van der Waals surface area contributed by atoms with Gasteiger partial charge in [-0.25, -0.2) is 4.90 Å². The van der Waals surface area contributed by atoms with Gasteiger partial charge >= 0.3 is 0 Å². The second-order valence-electron chi connectivity index (χ2n) is 6.92. The number of nitro groups is 1. The largest absolute Gasteiger partial charge is 0.277 e. The quantitative estimate of drug-likeness (QED) is 0.366. The van der Waals surface area contributed by atoms with E-state index in [0.29, 0.717) is 16.5 Å². The van der Waals surface area contributed by atoms with Gasteiger partial charge in [-0.15, -0.1) is 0 Å². The molecular weight excluding hydrogens is 320 g/mol. The monoisotopic (exact) mass is 334 g/mol. The van der Waals surface area contributed by atoms with Crippen LogP contribution < -0.4 is 4.90 Å². The summed E-state index contributed by atoms with van der Waals surface area (Å²) in [7, 11) is 0. The molecule has 2 fully saturated rings. The first-order valence-corrected chi connectivity index (χ1v) is 8.30. The number of carbonyl (C=O) groups excluding carboxylic acids is 2. The number of rotatable bonds is 2. The van der Waals surface area contributed by atoms with Crippen molar-refractivity contribution >= 4 is 34.0 Å². The molecule has 2 aromatic carbocycles. The Morgan fingerprint density at radius 3 is 2.12 bits per heavy atom. The lowest BCUT2D eigenvalue weighted by molar-refractivity contribution is -0.383. The summed E-state index contributed by atoms with van der Waals surface area (Å²) in [6.45, 7) is 0. The number of amides is 2. The van der Waals surface area contributed by atoms with Crippen molar-refractivity contribution in [1.29, 1.82) is 0 Å². The number of benzene rings is 2. The van der Waals surface area contributed by atoms with Crippen molar-refractivity contribution in [2.75, 3.05) is 4.90 Å². The number of fused-ring (bicyclic) bond motifs is 6. The third-order valence-corrected chi connectivity index (χ3v) is 5.79. The lowest BCUT2D eigenvalue weighted by Gasteiger charge is -2.19. The van der Waals surface area contributed by atoms with Crippen LogP contribution in [0.3, 0.4) is 0 Å². The highest BCUT2D eigenvalue weighted by Gasteiger charge is 2.59. The number of nitrogens with zero attached hydrogens (tertiary/aromatic N) is 2. The van der Waals surface area contributed by atoms with E-state index in [0.717, 1.165) is 6.42 Å². The zero-order chi connectivity index (χ0) is 17.3. The van der Waals surface area contributed by atoms with E-state index in [1.54, 1.807) is 24.3 Å². The molecule has 2 bridgehead atoms. The average Bonchev–Trinajstić information content (AvgIpc) is 3.28. The number of non-ortho nitro benzene ring substituents is 1. The maximum absolute atomic E-state index is 13.0. The van der Waals surface area contributed by atoms with E-state index in [4.69, 9.17) is 0 Å². The summed E-state index contributed by atoms with van der Waals surface area (Å²) >= 11 is 0. The first-order valence-electron chi connectivity index (χ1n) is 8.30.